The van der Waals surface area contributed by atoms with Gasteiger partial charge in [0, 0.05) is 6.42 Å². The monoisotopic (exact) mass is 257 g/mol. The van der Waals surface area contributed by atoms with Gasteiger partial charge in [-0.15, -0.1) is 0 Å². The van der Waals surface area contributed by atoms with Crippen LogP contribution in [0.5, 0.6) is 0 Å². The zero-order valence-corrected chi connectivity index (χ0v) is 11.4. The minimum Gasteiger partial charge on any atom is -0.481 e. The number of piperidine rings is 1. The Balaban J connectivity index is 2.76. The van der Waals surface area contributed by atoms with Crippen molar-refractivity contribution in [2.24, 2.45) is 5.41 Å². The van der Waals surface area contributed by atoms with Crippen molar-refractivity contribution < 1.29 is 19.4 Å². The Morgan fingerprint density at radius 3 is 2.28 bits per heavy atom. The molecule has 5 heteroatoms. The van der Waals surface area contributed by atoms with Crippen LogP contribution in [0.1, 0.15) is 46.5 Å². The summed E-state index contributed by atoms with van der Waals surface area (Å²) in [4.78, 5) is 23.0. The van der Waals surface area contributed by atoms with Crippen molar-refractivity contribution in [3.8, 4) is 0 Å². The molecule has 0 bridgehead atoms. The Morgan fingerprint density at radius 2 is 1.83 bits per heavy atom. The van der Waals surface area contributed by atoms with Crippen molar-refractivity contribution in [3.63, 3.8) is 0 Å². The lowest BCUT2D eigenvalue weighted by molar-refractivity contribution is -0.170. The van der Waals surface area contributed by atoms with E-state index in [2.05, 4.69) is 5.32 Å². The van der Waals surface area contributed by atoms with Crippen molar-refractivity contribution in [2.45, 2.75) is 52.1 Å². The molecule has 0 atom stereocenters. The highest BCUT2D eigenvalue weighted by Crippen LogP contribution is 2.36. The van der Waals surface area contributed by atoms with Crippen LogP contribution in [-0.4, -0.2) is 35.7 Å². The first-order chi connectivity index (χ1) is 8.25. The lowest BCUT2D eigenvalue weighted by atomic mass is 9.75. The standard InChI is InChI=1S/C13H23NO4/c1-12(2,3)18-11(17)13(5-4-10(15)16)6-8-14-9-7-13/h14H,4-9H2,1-3H3,(H,15,16). The molecule has 2 N–H and O–H groups in total. The van der Waals surface area contributed by atoms with Crippen LogP contribution >= 0.6 is 0 Å². The summed E-state index contributed by atoms with van der Waals surface area (Å²) in [5.41, 5.74) is -1.16. The number of esters is 1. The van der Waals surface area contributed by atoms with E-state index in [9.17, 15) is 9.59 Å². The molecular weight excluding hydrogens is 234 g/mol. The summed E-state index contributed by atoms with van der Waals surface area (Å²) >= 11 is 0. The topological polar surface area (TPSA) is 75.6 Å². The molecule has 0 aliphatic carbocycles. The third-order valence-corrected chi connectivity index (χ3v) is 3.21. The van der Waals surface area contributed by atoms with E-state index < -0.39 is 17.0 Å². The second-order valence-corrected chi connectivity index (χ2v) is 5.93. The highest BCUT2D eigenvalue weighted by Gasteiger charge is 2.42. The number of carbonyl (C=O) groups excluding carboxylic acids is 1. The Morgan fingerprint density at radius 1 is 1.28 bits per heavy atom. The van der Waals surface area contributed by atoms with Gasteiger partial charge < -0.3 is 15.2 Å². The molecule has 0 aromatic heterocycles. The molecule has 5 nitrogen and oxygen atoms in total. The molecule has 104 valence electrons. The van der Waals surface area contributed by atoms with E-state index >= 15 is 0 Å². The maximum atomic E-state index is 12.3. The normalized spacial score (nSPS) is 19.3. The molecule has 1 aliphatic rings. The van der Waals surface area contributed by atoms with Crippen LogP contribution in [0.3, 0.4) is 0 Å². The Labute approximate surface area is 108 Å². The molecule has 1 saturated heterocycles. The third kappa shape index (κ3) is 4.29. The fourth-order valence-corrected chi connectivity index (χ4v) is 2.19. The van der Waals surface area contributed by atoms with Gasteiger partial charge in [-0.05, 0) is 53.1 Å². The smallest absolute Gasteiger partial charge is 0.312 e. The number of ether oxygens (including phenoxy) is 1. The van der Waals surface area contributed by atoms with Crippen LogP contribution in [0.25, 0.3) is 0 Å². The highest BCUT2D eigenvalue weighted by molar-refractivity contribution is 5.78. The van der Waals surface area contributed by atoms with Gasteiger partial charge in [-0.25, -0.2) is 0 Å². The Bertz CT molecular complexity index is 313. The molecule has 0 amide bonds. The van der Waals surface area contributed by atoms with E-state index in [1.165, 1.54) is 0 Å². The molecule has 0 radical (unpaired) electrons. The molecule has 0 saturated carbocycles. The Hall–Kier alpha value is -1.10. The summed E-state index contributed by atoms with van der Waals surface area (Å²) in [6.07, 6.45) is 1.67. The summed E-state index contributed by atoms with van der Waals surface area (Å²) in [5.74, 6) is -1.12. The molecule has 0 spiro atoms. The maximum absolute atomic E-state index is 12.3. The number of nitrogens with one attached hydrogen (secondary N) is 1. The van der Waals surface area contributed by atoms with Gasteiger partial charge in [-0.1, -0.05) is 0 Å². The van der Waals surface area contributed by atoms with Gasteiger partial charge in [0.2, 0.25) is 0 Å². The van der Waals surface area contributed by atoms with Crippen molar-refractivity contribution in [3.05, 3.63) is 0 Å². The lowest BCUT2D eigenvalue weighted by Gasteiger charge is -2.37. The maximum Gasteiger partial charge on any atom is 0.312 e. The first kappa shape index (κ1) is 15.0. The number of hydrogen-bond donors (Lipinski definition) is 2. The summed E-state index contributed by atoms with van der Waals surface area (Å²) in [6.45, 7) is 6.96. The largest absolute Gasteiger partial charge is 0.481 e. The molecular formula is C13H23NO4. The van der Waals surface area contributed by atoms with E-state index in [1.54, 1.807) is 0 Å². The minimum absolute atomic E-state index is 0.0131. The average molecular weight is 257 g/mol. The SMILES string of the molecule is CC(C)(C)OC(=O)C1(CCC(=O)O)CCNCC1. The fourth-order valence-electron chi connectivity index (χ4n) is 2.19. The Kier molecular flexibility index (Phi) is 4.73. The highest BCUT2D eigenvalue weighted by atomic mass is 16.6. The second kappa shape index (κ2) is 5.69. The van der Waals surface area contributed by atoms with E-state index in [4.69, 9.17) is 9.84 Å². The summed E-state index contributed by atoms with van der Waals surface area (Å²) in [6, 6.07) is 0. The van der Waals surface area contributed by atoms with E-state index in [-0.39, 0.29) is 12.4 Å². The van der Waals surface area contributed by atoms with Gasteiger partial charge in [-0.3, -0.25) is 9.59 Å². The van der Waals surface area contributed by atoms with Gasteiger partial charge >= 0.3 is 11.9 Å². The van der Waals surface area contributed by atoms with Crippen LogP contribution in [0.2, 0.25) is 0 Å². The van der Waals surface area contributed by atoms with Gasteiger partial charge in [0.15, 0.2) is 0 Å². The molecule has 0 unspecified atom stereocenters. The van der Waals surface area contributed by atoms with Crippen molar-refractivity contribution >= 4 is 11.9 Å². The van der Waals surface area contributed by atoms with Crippen LogP contribution in [0.15, 0.2) is 0 Å². The quantitative estimate of drug-likeness (QED) is 0.748. The number of carbonyl (C=O) groups is 2. The van der Waals surface area contributed by atoms with Crippen LogP contribution in [0.4, 0.5) is 0 Å². The molecule has 1 fully saturated rings. The molecule has 1 aliphatic heterocycles. The van der Waals surface area contributed by atoms with Gasteiger partial charge in [0.1, 0.15) is 5.60 Å². The second-order valence-electron chi connectivity index (χ2n) is 5.93. The van der Waals surface area contributed by atoms with Gasteiger partial charge in [0.05, 0.1) is 5.41 Å². The first-order valence-electron chi connectivity index (χ1n) is 6.41. The summed E-state index contributed by atoms with van der Waals surface area (Å²) in [5, 5.41) is 12.0. The summed E-state index contributed by atoms with van der Waals surface area (Å²) < 4.78 is 5.45. The zero-order chi connectivity index (χ0) is 13.8. The van der Waals surface area contributed by atoms with Crippen molar-refractivity contribution in [1.29, 1.82) is 0 Å². The number of carboxylic acid groups (broad SMARTS) is 1. The zero-order valence-electron chi connectivity index (χ0n) is 11.4. The molecule has 18 heavy (non-hydrogen) atoms. The molecule has 0 aromatic carbocycles. The van der Waals surface area contributed by atoms with Gasteiger partial charge in [-0.2, -0.15) is 0 Å². The van der Waals surface area contributed by atoms with Crippen LogP contribution in [0, 0.1) is 5.41 Å². The first-order valence-corrected chi connectivity index (χ1v) is 6.41. The van der Waals surface area contributed by atoms with Crippen LogP contribution in [-0.2, 0) is 14.3 Å². The number of rotatable bonds is 4. The lowest BCUT2D eigenvalue weighted by Crippen LogP contribution is -2.45. The van der Waals surface area contributed by atoms with Crippen molar-refractivity contribution in [1.82, 2.24) is 5.32 Å². The predicted molar refractivity (Wildman–Crippen MR) is 67.3 cm³/mol. The predicted octanol–water partition coefficient (Wildman–Crippen LogP) is 1.56. The fraction of sp³-hybridized carbons (Fsp3) is 0.846. The number of carboxylic acids is 1. The van der Waals surface area contributed by atoms with Crippen molar-refractivity contribution in [2.75, 3.05) is 13.1 Å². The van der Waals surface area contributed by atoms with E-state index in [0.717, 1.165) is 13.1 Å². The molecule has 1 heterocycles. The number of aliphatic carboxylic acids is 1. The van der Waals surface area contributed by atoms with E-state index in [0.29, 0.717) is 19.3 Å². The third-order valence-electron chi connectivity index (χ3n) is 3.21. The van der Waals surface area contributed by atoms with E-state index in [1.807, 2.05) is 20.8 Å². The molecule has 0 aromatic rings. The average Bonchev–Trinajstić information content (AvgIpc) is 2.25. The molecule has 1 rings (SSSR count). The van der Waals surface area contributed by atoms with Crippen LogP contribution < -0.4 is 5.32 Å². The minimum atomic E-state index is -0.864. The van der Waals surface area contributed by atoms with Gasteiger partial charge in [0.25, 0.3) is 0 Å². The number of hydrogen-bond acceptors (Lipinski definition) is 4. The summed E-state index contributed by atoms with van der Waals surface area (Å²) in [7, 11) is 0.